The minimum absolute atomic E-state index is 0.428. The van der Waals surface area contributed by atoms with E-state index in [9.17, 15) is 5.11 Å². The predicted molar refractivity (Wildman–Crippen MR) is 72.7 cm³/mol. The van der Waals surface area contributed by atoms with Gasteiger partial charge in [-0.3, -0.25) is 4.68 Å². The molecule has 0 saturated carbocycles. The van der Waals surface area contributed by atoms with Crippen molar-refractivity contribution in [3.8, 4) is 0 Å². The molecule has 0 bridgehead atoms. The lowest BCUT2D eigenvalue weighted by atomic mass is 10.0. The maximum Gasteiger partial charge on any atom is 0.0798 e. The van der Waals surface area contributed by atoms with E-state index in [0.29, 0.717) is 0 Å². The first-order valence-electron chi connectivity index (χ1n) is 6.91. The number of hydrogen-bond donors (Lipinski definition) is 1. The minimum atomic E-state index is -0.428. The first-order chi connectivity index (χ1) is 8.65. The van der Waals surface area contributed by atoms with Crippen LogP contribution in [0.2, 0.25) is 0 Å². The summed E-state index contributed by atoms with van der Waals surface area (Å²) in [5.41, 5.74) is 3.25. The van der Waals surface area contributed by atoms with E-state index < -0.39 is 6.10 Å². The van der Waals surface area contributed by atoms with Gasteiger partial charge >= 0.3 is 0 Å². The van der Waals surface area contributed by atoms with E-state index in [1.54, 1.807) is 7.11 Å². The Kier molecular flexibility index (Phi) is 6.36. The van der Waals surface area contributed by atoms with Crippen LogP contribution in [0.3, 0.4) is 0 Å². The average Bonchev–Trinajstić information content (AvgIpc) is 2.72. The van der Waals surface area contributed by atoms with Gasteiger partial charge in [0.2, 0.25) is 0 Å². The van der Waals surface area contributed by atoms with Crippen molar-refractivity contribution >= 4 is 0 Å². The second kappa shape index (κ2) is 7.54. The highest BCUT2D eigenvalue weighted by Crippen LogP contribution is 2.23. The molecule has 0 fully saturated rings. The first kappa shape index (κ1) is 15.2. The fraction of sp³-hybridized carbons (Fsp3) is 0.786. The summed E-state index contributed by atoms with van der Waals surface area (Å²) < 4.78 is 7.12. The number of hydrogen-bond acceptors (Lipinski definition) is 3. The molecule has 1 atom stereocenters. The van der Waals surface area contributed by atoms with Crippen LogP contribution in [0.1, 0.15) is 56.7 Å². The summed E-state index contributed by atoms with van der Waals surface area (Å²) in [6.45, 7) is 7.74. The number of aromatic nitrogens is 2. The molecule has 0 radical (unpaired) electrons. The molecule has 1 aromatic heterocycles. The summed E-state index contributed by atoms with van der Waals surface area (Å²) in [6.07, 6.45) is 3.47. The molecule has 4 nitrogen and oxygen atoms in total. The quantitative estimate of drug-likeness (QED) is 0.725. The van der Waals surface area contributed by atoms with Gasteiger partial charge < -0.3 is 9.84 Å². The smallest absolute Gasteiger partial charge is 0.0798 e. The standard InChI is InChI=1S/C14H26N2O2/c1-5-12-14(11(3)17)13(6-2)16(15-12)9-7-8-10-18-4/h11,17H,5-10H2,1-4H3. The third-order valence-electron chi connectivity index (χ3n) is 3.23. The SMILES string of the molecule is CCc1nn(CCCCOC)c(CC)c1C(C)O. The number of methoxy groups -OCH3 is 1. The second-order valence-electron chi connectivity index (χ2n) is 4.61. The molecule has 1 rings (SSSR count). The summed E-state index contributed by atoms with van der Waals surface area (Å²) in [7, 11) is 1.73. The highest BCUT2D eigenvalue weighted by atomic mass is 16.5. The molecule has 0 saturated heterocycles. The largest absolute Gasteiger partial charge is 0.389 e. The van der Waals surface area contributed by atoms with E-state index in [1.807, 2.05) is 6.92 Å². The number of ether oxygens (including phenoxy) is 1. The molecule has 0 aliphatic rings. The van der Waals surface area contributed by atoms with Crippen LogP contribution in [0.5, 0.6) is 0 Å². The van der Waals surface area contributed by atoms with Crippen LogP contribution in [0.25, 0.3) is 0 Å². The van der Waals surface area contributed by atoms with E-state index in [4.69, 9.17) is 4.74 Å². The number of unbranched alkanes of at least 4 members (excludes halogenated alkanes) is 1. The van der Waals surface area contributed by atoms with Crippen molar-refractivity contribution in [2.45, 2.75) is 59.1 Å². The molecule has 18 heavy (non-hydrogen) atoms. The Morgan fingerprint density at radius 2 is 2.00 bits per heavy atom. The third kappa shape index (κ3) is 3.56. The Morgan fingerprint density at radius 1 is 1.28 bits per heavy atom. The van der Waals surface area contributed by atoms with Crippen LogP contribution in [0, 0.1) is 0 Å². The molecular weight excluding hydrogens is 228 g/mol. The third-order valence-corrected chi connectivity index (χ3v) is 3.23. The number of aryl methyl sites for hydroxylation is 2. The number of aliphatic hydroxyl groups is 1. The van der Waals surface area contributed by atoms with Crippen molar-refractivity contribution < 1.29 is 9.84 Å². The van der Waals surface area contributed by atoms with Gasteiger partial charge in [-0.2, -0.15) is 5.10 Å². The molecule has 4 heteroatoms. The van der Waals surface area contributed by atoms with Crippen LogP contribution in [0.4, 0.5) is 0 Å². The summed E-state index contributed by atoms with van der Waals surface area (Å²) >= 11 is 0. The van der Waals surface area contributed by atoms with Crippen LogP contribution in [-0.2, 0) is 24.1 Å². The van der Waals surface area contributed by atoms with E-state index in [0.717, 1.165) is 50.1 Å². The zero-order valence-electron chi connectivity index (χ0n) is 12.1. The summed E-state index contributed by atoms with van der Waals surface area (Å²) in [5.74, 6) is 0. The summed E-state index contributed by atoms with van der Waals surface area (Å²) in [4.78, 5) is 0. The Morgan fingerprint density at radius 3 is 2.50 bits per heavy atom. The highest BCUT2D eigenvalue weighted by Gasteiger charge is 2.18. The van der Waals surface area contributed by atoms with E-state index >= 15 is 0 Å². The van der Waals surface area contributed by atoms with Gasteiger partial charge in [0.1, 0.15) is 0 Å². The van der Waals surface area contributed by atoms with Crippen LogP contribution in [-0.4, -0.2) is 28.6 Å². The second-order valence-corrected chi connectivity index (χ2v) is 4.61. The van der Waals surface area contributed by atoms with Gasteiger partial charge in [0.05, 0.1) is 11.8 Å². The van der Waals surface area contributed by atoms with E-state index in [-0.39, 0.29) is 0 Å². The van der Waals surface area contributed by atoms with Crippen molar-refractivity contribution in [1.29, 1.82) is 0 Å². The molecule has 1 N–H and O–H groups in total. The lowest BCUT2D eigenvalue weighted by molar-refractivity contribution is 0.190. The van der Waals surface area contributed by atoms with Gasteiger partial charge in [0, 0.05) is 31.5 Å². The Balaban J connectivity index is 2.83. The van der Waals surface area contributed by atoms with E-state index in [2.05, 4.69) is 23.6 Å². The zero-order chi connectivity index (χ0) is 13.5. The van der Waals surface area contributed by atoms with Crippen LogP contribution in [0.15, 0.2) is 0 Å². The molecule has 0 aliphatic carbocycles. The molecule has 0 aromatic carbocycles. The molecule has 0 aliphatic heterocycles. The number of aliphatic hydroxyl groups excluding tert-OH is 1. The fourth-order valence-corrected chi connectivity index (χ4v) is 2.37. The number of rotatable bonds is 8. The molecule has 1 aromatic rings. The van der Waals surface area contributed by atoms with Gasteiger partial charge in [-0.25, -0.2) is 0 Å². The van der Waals surface area contributed by atoms with Crippen LogP contribution < -0.4 is 0 Å². The van der Waals surface area contributed by atoms with Crippen molar-refractivity contribution in [3.05, 3.63) is 17.0 Å². The van der Waals surface area contributed by atoms with Gasteiger partial charge in [-0.15, -0.1) is 0 Å². The Labute approximate surface area is 110 Å². The molecule has 0 spiro atoms. The molecule has 1 heterocycles. The van der Waals surface area contributed by atoms with Crippen molar-refractivity contribution in [2.75, 3.05) is 13.7 Å². The normalized spacial score (nSPS) is 12.9. The molecule has 104 valence electrons. The van der Waals surface area contributed by atoms with Crippen LogP contribution >= 0.6 is 0 Å². The van der Waals surface area contributed by atoms with Crippen molar-refractivity contribution in [1.82, 2.24) is 9.78 Å². The Bertz CT molecular complexity index is 359. The van der Waals surface area contributed by atoms with Gasteiger partial charge in [0.25, 0.3) is 0 Å². The van der Waals surface area contributed by atoms with Crippen molar-refractivity contribution in [2.24, 2.45) is 0 Å². The van der Waals surface area contributed by atoms with E-state index in [1.165, 1.54) is 5.69 Å². The molecule has 0 amide bonds. The maximum atomic E-state index is 9.90. The maximum absolute atomic E-state index is 9.90. The Hall–Kier alpha value is -0.870. The number of nitrogens with zero attached hydrogens (tertiary/aromatic N) is 2. The minimum Gasteiger partial charge on any atom is -0.389 e. The van der Waals surface area contributed by atoms with Gasteiger partial charge in [-0.1, -0.05) is 13.8 Å². The molecular formula is C14H26N2O2. The fourth-order valence-electron chi connectivity index (χ4n) is 2.37. The lowest BCUT2D eigenvalue weighted by Gasteiger charge is -2.09. The first-order valence-corrected chi connectivity index (χ1v) is 6.91. The van der Waals surface area contributed by atoms with Crippen molar-refractivity contribution in [3.63, 3.8) is 0 Å². The lowest BCUT2D eigenvalue weighted by Crippen LogP contribution is -2.07. The monoisotopic (exact) mass is 254 g/mol. The zero-order valence-corrected chi connectivity index (χ0v) is 12.1. The highest BCUT2D eigenvalue weighted by molar-refractivity contribution is 5.28. The van der Waals surface area contributed by atoms with Gasteiger partial charge in [0.15, 0.2) is 0 Å². The topological polar surface area (TPSA) is 47.3 Å². The molecule has 1 unspecified atom stereocenters. The summed E-state index contributed by atoms with van der Waals surface area (Å²) in [5, 5.41) is 14.5. The predicted octanol–water partition coefficient (Wildman–Crippen LogP) is 2.49. The van der Waals surface area contributed by atoms with Gasteiger partial charge in [-0.05, 0) is 32.6 Å². The average molecular weight is 254 g/mol. The summed E-state index contributed by atoms with van der Waals surface area (Å²) in [6, 6.07) is 0.